The molecule has 3 rings (SSSR count). The van der Waals surface area contributed by atoms with Crippen LogP contribution in [-0.4, -0.2) is 23.9 Å². The van der Waals surface area contributed by atoms with Gasteiger partial charge in [-0.05, 0) is 31.4 Å². The minimum atomic E-state index is -3.00. The van der Waals surface area contributed by atoms with E-state index in [4.69, 9.17) is 15.0 Å². The molecule has 0 aliphatic heterocycles. The SMILES string of the molecule is COc1cccc(-c2nc(C3(N)CCC3)no2)c1OC(F)F.Cl. The molecule has 1 saturated carbocycles. The second-order valence-corrected chi connectivity index (χ2v) is 5.15. The van der Waals surface area contributed by atoms with E-state index in [1.165, 1.54) is 13.2 Å². The lowest BCUT2D eigenvalue weighted by Gasteiger charge is -2.34. The van der Waals surface area contributed by atoms with E-state index in [1.54, 1.807) is 12.1 Å². The molecule has 0 bridgehead atoms. The number of para-hydroxylation sites is 1. The first-order chi connectivity index (χ1) is 10.5. The molecule has 1 aliphatic carbocycles. The van der Waals surface area contributed by atoms with Crippen molar-refractivity contribution < 1.29 is 22.8 Å². The summed E-state index contributed by atoms with van der Waals surface area (Å²) in [5.41, 5.74) is 5.77. The highest BCUT2D eigenvalue weighted by Crippen LogP contribution is 2.41. The lowest BCUT2D eigenvalue weighted by molar-refractivity contribution is -0.0508. The van der Waals surface area contributed by atoms with Crippen LogP contribution in [0.4, 0.5) is 8.78 Å². The molecule has 0 amide bonds. The summed E-state index contributed by atoms with van der Waals surface area (Å²) in [7, 11) is 1.36. The van der Waals surface area contributed by atoms with E-state index in [-0.39, 0.29) is 35.4 Å². The zero-order valence-corrected chi connectivity index (χ0v) is 13.1. The average Bonchev–Trinajstić information content (AvgIpc) is 2.94. The molecule has 1 aromatic carbocycles. The number of ether oxygens (including phenoxy) is 2. The molecule has 1 heterocycles. The molecule has 1 aromatic heterocycles. The summed E-state index contributed by atoms with van der Waals surface area (Å²) in [5, 5.41) is 3.87. The number of alkyl halides is 2. The van der Waals surface area contributed by atoms with Crippen LogP contribution < -0.4 is 15.2 Å². The molecule has 2 aromatic rings. The summed E-state index contributed by atoms with van der Waals surface area (Å²) in [6, 6.07) is 4.67. The summed E-state index contributed by atoms with van der Waals surface area (Å²) >= 11 is 0. The number of halogens is 3. The first kappa shape index (κ1) is 17.4. The quantitative estimate of drug-likeness (QED) is 0.894. The molecule has 0 atom stereocenters. The normalized spacial score (nSPS) is 15.7. The minimum absolute atomic E-state index is 0. The maximum Gasteiger partial charge on any atom is 0.387 e. The van der Waals surface area contributed by atoms with Gasteiger partial charge in [-0.25, -0.2) is 0 Å². The van der Waals surface area contributed by atoms with Gasteiger partial charge in [0.25, 0.3) is 5.89 Å². The molecule has 9 heteroatoms. The first-order valence-electron chi connectivity index (χ1n) is 6.79. The Morgan fingerprint density at radius 1 is 1.35 bits per heavy atom. The second-order valence-electron chi connectivity index (χ2n) is 5.15. The van der Waals surface area contributed by atoms with Crippen molar-refractivity contribution in [1.29, 1.82) is 0 Å². The van der Waals surface area contributed by atoms with E-state index >= 15 is 0 Å². The van der Waals surface area contributed by atoms with Gasteiger partial charge < -0.3 is 19.7 Å². The lowest BCUT2D eigenvalue weighted by Crippen LogP contribution is -2.44. The van der Waals surface area contributed by atoms with Crippen LogP contribution >= 0.6 is 12.4 Å². The fourth-order valence-electron chi connectivity index (χ4n) is 2.37. The predicted molar refractivity (Wildman–Crippen MR) is 79.9 cm³/mol. The smallest absolute Gasteiger partial charge is 0.387 e. The minimum Gasteiger partial charge on any atom is -0.493 e. The molecule has 0 saturated heterocycles. The molecule has 0 spiro atoms. The monoisotopic (exact) mass is 347 g/mol. The number of methoxy groups -OCH3 is 1. The van der Waals surface area contributed by atoms with Gasteiger partial charge in [-0.3, -0.25) is 0 Å². The van der Waals surface area contributed by atoms with Crippen LogP contribution in [0.5, 0.6) is 11.5 Å². The first-order valence-corrected chi connectivity index (χ1v) is 6.79. The third-order valence-electron chi connectivity index (χ3n) is 3.75. The summed E-state index contributed by atoms with van der Waals surface area (Å²) in [6.45, 7) is -3.00. The van der Waals surface area contributed by atoms with Crippen LogP contribution in [0.15, 0.2) is 22.7 Å². The average molecular weight is 348 g/mol. The topological polar surface area (TPSA) is 83.4 Å². The number of nitrogens with two attached hydrogens (primary N) is 1. The molecule has 2 N–H and O–H groups in total. The van der Waals surface area contributed by atoms with Crippen LogP contribution in [-0.2, 0) is 5.54 Å². The Labute approximate surface area is 137 Å². The highest BCUT2D eigenvalue weighted by Gasteiger charge is 2.39. The van der Waals surface area contributed by atoms with Gasteiger partial charge in [0.1, 0.15) is 0 Å². The molecule has 0 radical (unpaired) electrons. The Morgan fingerprint density at radius 3 is 2.65 bits per heavy atom. The van der Waals surface area contributed by atoms with Crippen molar-refractivity contribution in [3.63, 3.8) is 0 Å². The van der Waals surface area contributed by atoms with Gasteiger partial charge in [-0.15, -0.1) is 12.4 Å². The standard InChI is InChI=1S/C14H15F2N3O3.ClH/c1-20-9-5-2-4-8(10(9)21-13(15)16)11-18-12(19-22-11)14(17)6-3-7-14;/h2,4-5,13H,3,6-7,17H2,1H3;1H. The Hall–Kier alpha value is -1.93. The fourth-order valence-corrected chi connectivity index (χ4v) is 2.37. The van der Waals surface area contributed by atoms with Crippen molar-refractivity contribution in [3.05, 3.63) is 24.0 Å². The highest BCUT2D eigenvalue weighted by atomic mass is 35.5. The van der Waals surface area contributed by atoms with Gasteiger partial charge in [0.05, 0.1) is 18.2 Å². The van der Waals surface area contributed by atoms with E-state index in [9.17, 15) is 8.78 Å². The van der Waals surface area contributed by atoms with Gasteiger partial charge in [0, 0.05) is 0 Å². The summed E-state index contributed by atoms with van der Waals surface area (Å²) in [5.74, 6) is 0.458. The van der Waals surface area contributed by atoms with E-state index in [0.29, 0.717) is 5.82 Å². The van der Waals surface area contributed by atoms with E-state index in [2.05, 4.69) is 14.9 Å². The van der Waals surface area contributed by atoms with Crippen molar-refractivity contribution in [1.82, 2.24) is 10.1 Å². The number of rotatable bonds is 5. The molecule has 126 valence electrons. The lowest BCUT2D eigenvalue weighted by atomic mass is 9.77. The Bertz CT molecular complexity index is 677. The van der Waals surface area contributed by atoms with Gasteiger partial charge in [0.2, 0.25) is 0 Å². The highest BCUT2D eigenvalue weighted by molar-refractivity contribution is 5.85. The summed E-state index contributed by atoms with van der Waals surface area (Å²) in [6.07, 6.45) is 2.54. The summed E-state index contributed by atoms with van der Waals surface area (Å²) < 4.78 is 40.0. The predicted octanol–water partition coefficient (Wildman–Crippen LogP) is 3.11. The van der Waals surface area contributed by atoms with Gasteiger partial charge in [0.15, 0.2) is 17.3 Å². The van der Waals surface area contributed by atoms with E-state index < -0.39 is 12.2 Å². The van der Waals surface area contributed by atoms with Crippen molar-refractivity contribution in [2.45, 2.75) is 31.4 Å². The van der Waals surface area contributed by atoms with Gasteiger partial charge >= 0.3 is 6.61 Å². The number of nitrogens with zero attached hydrogens (tertiary/aromatic N) is 2. The third-order valence-corrected chi connectivity index (χ3v) is 3.75. The number of hydrogen-bond donors (Lipinski definition) is 1. The van der Waals surface area contributed by atoms with Crippen molar-refractivity contribution >= 4 is 12.4 Å². The van der Waals surface area contributed by atoms with Crippen LogP contribution in [0, 0.1) is 0 Å². The Kier molecular flexibility index (Phi) is 5.06. The maximum absolute atomic E-state index is 12.6. The van der Waals surface area contributed by atoms with Crippen LogP contribution in [0.3, 0.4) is 0 Å². The Morgan fingerprint density at radius 2 is 2.09 bits per heavy atom. The largest absolute Gasteiger partial charge is 0.493 e. The molecular formula is C14H16ClF2N3O3. The van der Waals surface area contributed by atoms with Crippen molar-refractivity contribution in [2.24, 2.45) is 5.73 Å². The van der Waals surface area contributed by atoms with Crippen LogP contribution in [0.2, 0.25) is 0 Å². The molecule has 6 nitrogen and oxygen atoms in total. The summed E-state index contributed by atoms with van der Waals surface area (Å²) in [4.78, 5) is 4.23. The van der Waals surface area contributed by atoms with Crippen molar-refractivity contribution in [3.8, 4) is 23.0 Å². The molecule has 1 fully saturated rings. The number of benzene rings is 1. The number of hydrogen-bond acceptors (Lipinski definition) is 6. The molecular weight excluding hydrogens is 332 g/mol. The van der Waals surface area contributed by atoms with Gasteiger partial charge in [-0.1, -0.05) is 11.2 Å². The van der Waals surface area contributed by atoms with Gasteiger partial charge in [-0.2, -0.15) is 13.8 Å². The fraction of sp³-hybridized carbons (Fsp3) is 0.429. The maximum atomic E-state index is 12.6. The van der Waals surface area contributed by atoms with Crippen LogP contribution in [0.25, 0.3) is 11.5 Å². The molecule has 23 heavy (non-hydrogen) atoms. The zero-order valence-electron chi connectivity index (χ0n) is 12.3. The number of aromatic nitrogens is 2. The third kappa shape index (κ3) is 3.23. The molecule has 0 unspecified atom stereocenters. The Balaban J connectivity index is 0.00000192. The van der Waals surface area contributed by atoms with E-state index in [0.717, 1.165) is 19.3 Å². The molecule has 1 aliphatic rings. The van der Waals surface area contributed by atoms with Crippen molar-refractivity contribution in [2.75, 3.05) is 7.11 Å². The second kappa shape index (κ2) is 6.67. The van der Waals surface area contributed by atoms with Crippen LogP contribution in [0.1, 0.15) is 25.1 Å². The zero-order chi connectivity index (χ0) is 15.7. The van der Waals surface area contributed by atoms with E-state index in [1.807, 2.05) is 0 Å².